The maximum Gasteiger partial charge on any atom is 0.410 e. The quantitative estimate of drug-likeness (QED) is 0.789. The van der Waals surface area contributed by atoms with Gasteiger partial charge >= 0.3 is 6.09 Å². The van der Waals surface area contributed by atoms with Gasteiger partial charge in [-0.3, -0.25) is 4.79 Å². The molecule has 3 aliphatic heterocycles. The van der Waals surface area contributed by atoms with E-state index in [-0.39, 0.29) is 18.0 Å². The van der Waals surface area contributed by atoms with Gasteiger partial charge in [0, 0.05) is 13.0 Å². The Bertz CT molecular complexity index is 627. The monoisotopic (exact) mass is 303 g/mol. The molecule has 6 nitrogen and oxygen atoms in total. The highest BCUT2D eigenvalue weighted by atomic mass is 16.6. The fraction of sp³-hybridized carbons (Fsp3) is 0.500. The molecule has 1 aromatic rings. The van der Waals surface area contributed by atoms with Crippen LogP contribution in [0.1, 0.15) is 23.2 Å². The molecule has 2 saturated heterocycles. The molecule has 1 amide bonds. The predicted molar refractivity (Wildman–Crippen MR) is 76.0 cm³/mol. The van der Waals surface area contributed by atoms with Crippen molar-refractivity contribution in [1.82, 2.24) is 4.90 Å². The second-order valence-electron chi connectivity index (χ2n) is 6.10. The first-order valence-corrected chi connectivity index (χ1v) is 7.50. The van der Waals surface area contributed by atoms with Gasteiger partial charge in [0.2, 0.25) is 0 Å². The summed E-state index contributed by atoms with van der Waals surface area (Å²) in [5.41, 5.74) is 0.0152. The van der Waals surface area contributed by atoms with Gasteiger partial charge < -0.3 is 19.1 Å². The molecule has 1 spiro atoms. The molecule has 0 N–H and O–H groups in total. The van der Waals surface area contributed by atoms with Crippen molar-refractivity contribution in [2.45, 2.75) is 24.5 Å². The first-order chi connectivity index (χ1) is 10.7. The van der Waals surface area contributed by atoms with Gasteiger partial charge in [-0.2, -0.15) is 0 Å². The van der Waals surface area contributed by atoms with Crippen molar-refractivity contribution in [2.24, 2.45) is 0 Å². The second-order valence-corrected chi connectivity index (χ2v) is 6.10. The lowest BCUT2D eigenvalue weighted by Crippen LogP contribution is -2.47. The number of ether oxygens (including phenoxy) is 3. The molecule has 1 unspecified atom stereocenters. The number of hydrogen-bond donors (Lipinski definition) is 0. The van der Waals surface area contributed by atoms with E-state index in [2.05, 4.69) is 0 Å². The molecular formula is C16H17NO5. The Balaban J connectivity index is 1.48. The number of amides is 1. The lowest BCUT2D eigenvalue weighted by Gasteiger charge is -2.34. The lowest BCUT2D eigenvalue weighted by atomic mass is 9.89. The van der Waals surface area contributed by atoms with Crippen molar-refractivity contribution >= 4 is 11.9 Å². The van der Waals surface area contributed by atoms with Crippen LogP contribution in [0, 0.1) is 0 Å². The standard InChI is InChI=1S/C16H17NO5/c18-13-7-16(22-14-4-2-1-3-12(13)14)5-6-17(10-16)15(19)21-11-8-20-9-11/h1-4,11H,5-10H2. The second kappa shape index (κ2) is 4.98. The van der Waals surface area contributed by atoms with Gasteiger partial charge in [0.15, 0.2) is 11.9 Å². The van der Waals surface area contributed by atoms with Crippen LogP contribution < -0.4 is 4.74 Å². The highest BCUT2D eigenvalue weighted by molar-refractivity contribution is 6.00. The van der Waals surface area contributed by atoms with Crippen LogP contribution in [0.3, 0.4) is 0 Å². The van der Waals surface area contributed by atoms with Gasteiger partial charge in [-0.1, -0.05) is 12.1 Å². The average Bonchev–Trinajstić information content (AvgIpc) is 2.86. The molecular weight excluding hydrogens is 286 g/mol. The molecule has 0 bridgehead atoms. The molecule has 0 radical (unpaired) electrons. The Kier molecular flexibility index (Phi) is 3.07. The largest absolute Gasteiger partial charge is 0.484 e. The zero-order valence-electron chi connectivity index (χ0n) is 12.1. The van der Waals surface area contributed by atoms with E-state index >= 15 is 0 Å². The van der Waals surface area contributed by atoms with Gasteiger partial charge in [0.25, 0.3) is 0 Å². The number of rotatable bonds is 1. The number of hydrogen-bond acceptors (Lipinski definition) is 5. The predicted octanol–water partition coefficient (Wildman–Crippen LogP) is 1.63. The van der Waals surface area contributed by atoms with E-state index in [1.165, 1.54) is 0 Å². The highest BCUT2D eigenvalue weighted by Gasteiger charge is 2.47. The molecule has 6 heteroatoms. The number of ketones is 1. The Hall–Kier alpha value is -2.08. The van der Waals surface area contributed by atoms with Crippen LogP contribution in [0.2, 0.25) is 0 Å². The van der Waals surface area contributed by atoms with Gasteiger partial charge in [-0.05, 0) is 12.1 Å². The van der Waals surface area contributed by atoms with Crippen molar-refractivity contribution in [3.63, 3.8) is 0 Å². The van der Waals surface area contributed by atoms with E-state index in [1.807, 2.05) is 12.1 Å². The van der Waals surface area contributed by atoms with E-state index < -0.39 is 5.60 Å². The van der Waals surface area contributed by atoms with Crippen LogP contribution >= 0.6 is 0 Å². The average molecular weight is 303 g/mol. The van der Waals surface area contributed by atoms with Crippen molar-refractivity contribution in [3.8, 4) is 5.75 Å². The lowest BCUT2D eigenvalue weighted by molar-refractivity contribution is -0.104. The maximum atomic E-state index is 12.3. The van der Waals surface area contributed by atoms with E-state index in [4.69, 9.17) is 14.2 Å². The zero-order chi connectivity index (χ0) is 15.2. The zero-order valence-corrected chi connectivity index (χ0v) is 12.1. The van der Waals surface area contributed by atoms with Crippen LogP contribution in [0.5, 0.6) is 5.75 Å². The Morgan fingerprint density at radius 3 is 2.91 bits per heavy atom. The van der Waals surface area contributed by atoms with E-state index in [9.17, 15) is 9.59 Å². The number of nitrogens with zero attached hydrogens (tertiary/aromatic N) is 1. The smallest absolute Gasteiger partial charge is 0.410 e. The van der Waals surface area contributed by atoms with E-state index in [0.29, 0.717) is 50.5 Å². The number of carbonyl (C=O) groups excluding carboxylic acids is 2. The van der Waals surface area contributed by atoms with Crippen molar-refractivity contribution in [2.75, 3.05) is 26.3 Å². The molecule has 1 atom stereocenters. The van der Waals surface area contributed by atoms with E-state index in [0.717, 1.165) is 0 Å². The van der Waals surface area contributed by atoms with E-state index in [1.54, 1.807) is 17.0 Å². The number of carbonyl (C=O) groups is 2. The number of para-hydroxylation sites is 1. The van der Waals surface area contributed by atoms with Crippen LogP contribution in [-0.4, -0.2) is 54.8 Å². The number of likely N-dealkylation sites (tertiary alicyclic amines) is 1. The molecule has 3 heterocycles. The molecule has 0 aromatic heterocycles. The molecule has 0 saturated carbocycles. The summed E-state index contributed by atoms with van der Waals surface area (Å²) in [6.45, 7) is 1.86. The normalized spacial score (nSPS) is 27.3. The number of fused-ring (bicyclic) bond motifs is 1. The minimum Gasteiger partial charge on any atom is -0.484 e. The van der Waals surface area contributed by atoms with Gasteiger partial charge in [-0.25, -0.2) is 4.79 Å². The minimum atomic E-state index is -0.611. The summed E-state index contributed by atoms with van der Waals surface area (Å²) < 4.78 is 16.4. The van der Waals surface area contributed by atoms with Crippen molar-refractivity contribution in [3.05, 3.63) is 29.8 Å². The fourth-order valence-corrected chi connectivity index (χ4v) is 3.17. The third-order valence-electron chi connectivity index (χ3n) is 4.45. The summed E-state index contributed by atoms with van der Waals surface area (Å²) in [6, 6.07) is 7.27. The van der Waals surface area contributed by atoms with Gasteiger partial charge in [0.05, 0.1) is 31.7 Å². The van der Waals surface area contributed by atoms with Crippen molar-refractivity contribution in [1.29, 1.82) is 0 Å². The fourth-order valence-electron chi connectivity index (χ4n) is 3.17. The molecule has 116 valence electrons. The van der Waals surface area contributed by atoms with Crippen LogP contribution in [0.15, 0.2) is 24.3 Å². The van der Waals surface area contributed by atoms with Crippen LogP contribution in [0.25, 0.3) is 0 Å². The first kappa shape index (κ1) is 13.6. The van der Waals surface area contributed by atoms with Gasteiger partial charge in [-0.15, -0.1) is 0 Å². The van der Waals surface area contributed by atoms with Crippen LogP contribution in [-0.2, 0) is 9.47 Å². The molecule has 22 heavy (non-hydrogen) atoms. The summed E-state index contributed by atoms with van der Waals surface area (Å²) in [6.07, 6.45) is 0.461. The third kappa shape index (κ3) is 2.23. The molecule has 3 aliphatic rings. The number of benzene rings is 1. The summed E-state index contributed by atoms with van der Waals surface area (Å²) in [5, 5.41) is 0. The first-order valence-electron chi connectivity index (χ1n) is 7.50. The summed E-state index contributed by atoms with van der Waals surface area (Å²) in [4.78, 5) is 26.1. The van der Waals surface area contributed by atoms with Crippen molar-refractivity contribution < 1.29 is 23.8 Å². The molecule has 1 aromatic carbocycles. The molecule has 4 rings (SSSR count). The topological polar surface area (TPSA) is 65.1 Å². The summed E-state index contributed by atoms with van der Waals surface area (Å²) >= 11 is 0. The molecule has 0 aliphatic carbocycles. The minimum absolute atomic E-state index is 0.0736. The highest BCUT2D eigenvalue weighted by Crippen LogP contribution is 2.38. The number of Topliss-reactive ketones (excluding diaryl/α,β-unsaturated/α-hetero) is 1. The summed E-state index contributed by atoms with van der Waals surface area (Å²) in [5.74, 6) is 0.686. The summed E-state index contributed by atoms with van der Waals surface area (Å²) in [7, 11) is 0. The maximum absolute atomic E-state index is 12.3. The Morgan fingerprint density at radius 1 is 1.32 bits per heavy atom. The Morgan fingerprint density at radius 2 is 2.14 bits per heavy atom. The third-order valence-corrected chi connectivity index (χ3v) is 4.45. The molecule has 2 fully saturated rings. The van der Waals surface area contributed by atoms with Gasteiger partial charge in [0.1, 0.15) is 11.4 Å². The van der Waals surface area contributed by atoms with Crippen LogP contribution in [0.4, 0.5) is 4.79 Å². The SMILES string of the molecule is O=C1CC2(CCN(C(=O)OC3COC3)C2)Oc2ccccc21. The Labute approximate surface area is 127 Å².